The van der Waals surface area contributed by atoms with Crippen molar-refractivity contribution in [3.8, 4) is 0 Å². The summed E-state index contributed by atoms with van der Waals surface area (Å²) in [4.78, 5) is 27.6. The summed E-state index contributed by atoms with van der Waals surface area (Å²) in [6.45, 7) is 1.58. The van der Waals surface area contributed by atoms with Gasteiger partial charge in [0.2, 0.25) is 0 Å². The summed E-state index contributed by atoms with van der Waals surface area (Å²) >= 11 is 0. The SMILES string of the molecule is O=C(O)C1CC2CCCCC2N1C(=O)N1CCCC1. The molecule has 5 heteroatoms. The first-order valence-corrected chi connectivity index (χ1v) is 7.48. The van der Waals surface area contributed by atoms with Crippen molar-refractivity contribution >= 4 is 12.0 Å². The van der Waals surface area contributed by atoms with Crippen LogP contribution in [-0.4, -0.2) is 52.1 Å². The molecule has 3 unspecified atom stereocenters. The summed E-state index contributed by atoms with van der Waals surface area (Å²) in [6.07, 6.45) is 7.11. The Morgan fingerprint density at radius 2 is 1.68 bits per heavy atom. The molecule has 3 rings (SSSR count). The maximum atomic E-state index is 12.6. The van der Waals surface area contributed by atoms with Crippen LogP contribution in [0.3, 0.4) is 0 Å². The van der Waals surface area contributed by atoms with Gasteiger partial charge in [-0.3, -0.25) is 0 Å². The fourth-order valence-corrected chi connectivity index (χ4v) is 4.03. The van der Waals surface area contributed by atoms with Gasteiger partial charge in [-0.2, -0.15) is 0 Å². The first-order valence-electron chi connectivity index (χ1n) is 7.48. The summed E-state index contributed by atoms with van der Waals surface area (Å²) in [5.41, 5.74) is 0. The maximum Gasteiger partial charge on any atom is 0.326 e. The van der Waals surface area contributed by atoms with Crippen LogP contribution in [0.4, 0.5) is 4.79 Å². The van der Waals surface area contributed by atoms with Gasteiger partial charge in [0.15, 0.2) is 0 Å². The number of rotatable bonds is 1. The van der Waals surface area contributed by atoms with Crippen LogP contribution in [0.5, 0.6) is 0 Å². The Hall–Kier alpha value is -1.26. The number of likely N-dealkylation sites (tertiary alicyclic amines) is 2. The minimum atomic E-state index is -0.832. The Kier molecular flexibility index (Phi) is 3.37. The Morgan fingerprint density at radius 3 is 2.37 bits per heavy atom. The molecule has 2 saturated heterocycles. The molecule has 0 spiro atoms. The van der Waals surface area contributed by atoms with Gasteiger partial charge in [-0.1, -0.05) is 12.8 Å². The van der Waals surface area contributed by atoms with Gasteiger partial charge in [-0.25, -0.2) is 9.59 Å². The molecule has 3 aliphatic rings. The van der Waals surface area contributed by atoms with Crippen molar-refractivity contribution in [3.05, 3.63) is 0 Å². The van der Waals surface area contributed by atoms with Crippen molar-refractivity contribution in [3.63, 3.8) is 0 Å². The summed E-state index contributed by atoms with van der Waals surface area (Å²) in [7, 11) is 0. The van der Waals surface area contributed by atoms with E-state index < -0.39 is 12.0 Å². The van der Waals surface area contributed by atoms with Crippen molar-refractivity contribution < 1.29 is 14.7 Å². The van der Waals surface area contributed by atoms with Crippen LogP contribution in [0, 0.1) is 5.92 Å². The normalized spacial score (nSPS) is 34.4. The number of fused-ring (bicyclic) bond motifs is 1. The number of hydrogen-bond acceptors (Lipinski definition) is 2. The number of aliphatic carboxylic acids is 1. The van der Waals surface area contributed by atoms with Gasteiger partial charge < -0.3 is 14.9 Å². The molecule has 0 aromatic rings. The predicted molar refractivity (Wildman–Crippen MR) is 69.8 cm³/mol. The van der Waals surface area contributed by atoms with Crippen LogP contribution in [0.25, 0.3) is 0 Å². The van der Waals surface area contributed by atoms with E-state index >= 15 is 0 Å². The maximum absolute atomic E-state index is 12.6. The number of urea groups is 1. The average molecular weight is 266 g/mol. The Morgan fingerprint density at radius 1 is 1.00 bits per heavy atom. The van der Waals surface area contributed by atoms with Gasteiger partial charge >= 0.3 is 12.0 Å². The second-order valence-electron chi connectivity index (χ2n) is 6.09. The Bertz CT molecular complexity index is 379. The van der Waals surface area contributed by atoms with E-state index in [-0.39, 0.29) is 12.1 Å². The molecule has 3 fully saturated rings. The predicted octanol–water partition coefficient (Wildman–Crippen LogP) is 1.92. The minimum Gasteiger partial charge on any atom is -0.480 e. The highest BCUT2D eigenvalue weighted by Crippen LogP contribution is 2.40. The number of amides is 2. The van der Waals surface area contributed by atoms with E-state index in [1.165, 1.54) is 6.42 Å². The molecule has 0 aromatic carbocycles. The molecule has 1 saturated carbocycles. The monoisotopic (exact) mass is 266 g/mol. The highest BCUT2D eigenvalue weighted by molar-refractivity contribution is 5.84. The second-order valence-corrected chi connectivity index (χ2v) is 6.09. The highest BCUT2D eigenvalue weighted by atomic mass is 16.4. The molecular weight excluding hydrogens is 244 g/mol. The topological polar surface area (TPSA) is 60.9 Å². The largest absolute Gasteiger partial charge is 0.480 e. The van der Waals surface area contributed by atoms with Gasteiger partial charge in [0.1, 0.15) is 6.04 Å². The van der Waals surface area contributed by atoms with E-state index in [1.54, 1.807) is 4.90 Å². The van der Waals surface area contributed by atoms with Crippen molar-refractivity contribution in [2.24, 2.45) is 5.92 Å². The number of nitrogens with zero attached hydrogens (tertiary/aromatic N) is 2. The Balaban J connectivity index is 1.81. The number of hydrogen-bond donors (Lipinski definition) is 1. The zero-order valence-corrected chi connectivity index (χ0v) is 11.3. The summed E-state index contributed by atoms with van der Waals surface area (Å²) < 4.78 is 0. The smallest absolute Gasteiger partial charge is 0.326 e. The lowest BCUT2D eigenvalue weighted by molar-refractivity contribution is -0.141. The molecule has 0 aromatic heterocycles. The van der Waals surface area contributed by atoms with Crippen LogP contribution >= 0.6 is 0 Å². The van der Waals surface area contributed by atoms with E-state index in [0.717, 1.165) is 45.2 Å². The fourth-order valence-electron chi connectivity index (χ4n) is 4.03. The highest BCUT2D eigenvalue weighted by Gasteiger charge is 2.48. The molecule has 0 radical (unpaired) electrons. The van der Waals surface area contributed by atoms with E-state index in [1.807, 2.05) is 4.90 Å². The van der Waals surface area contributed by atoms with Gasteiger partial charge in [-0.05, 0) is 38.0 Å². The van der Waals surface area contributed by atoms with Crippen molar-refractivity contribution in [1.82, 2.24) is 9.80 Å². The molecule has 0 bridgehead atoms. The molecule has 19 heavy (non-hydrogen) atoms. The van der Waals surface area contributed by atoms with Crippen LogP contribution < -0.4 is 0 Å². The number of carboxylic acids is 1. The van der Waals surface area contributed by atoms with Crippen molar-refractivity contribution in [2.75, 3.05) is 13.1 Å². The first-order chi connectivity index (χ1) is 9.18. The first kappa shape index (κ1) is 12.8. The lowest BCUT2D eigenvalue weighted by Crippen LogP contribution is -2.51. The molecule has 2 aliphatic heterocycles. The van der Waals surface area contributed by atoms with Gasteiger partial charge in [0, 0.05) is 19.1 Å². The molecule has 2 heterocycles. The lowest BCUT2D eigenvalue weighted by atomic mass is 9.85. The summed E-state index contributed by atoms with van der Waals surface area (Å²) in [5, 5.41) is 9.41. The molecule has 106 valence electrons. The van der Waals surface area contributed by atoms with Crippen LogP contribution in [0.15, 0.2) is 0 Å². The molecule has 2 amide bonds. The molecule has 5 nitrogen and oxygen atoms in total. The van der Waals surface area contributed by atoms with Crippen LogP contribution in [-0.2, 0) is 4.79 Å². The van der Waals surface area contributed by atoms with E-state index in [0.29, 0.717) is 12.3 Å². The van der Waals surface area contributed by atoms with E-state index in [4.69, 9.17) is 0 Å². The number of carbonyl (C=O) groups is 2. The third-order valence-corrected chi connectivity index (χ3v) is 4.97. The minimum absolute atomic E-state index is 0.0284. The van der Waals surface area contributed by atoms with Crippen LogP contribution in [0.1, 0.15) is 44.9 Å². The third-order valence-electron chi connectivity index (χ3n) is 4.97. The third kappa shape index (κ3) is 2.19. The quantitative estimate of drug-likeness (QED) is 0.788. The van der Waals surface area contributed by atoms with Crippen molar-refractivity contribution in [2.45, 2.75) is 57.0 Å². The fraction of sp³-hybridized carbons (Fsp3) is 0.857. The van der Waals surface area contributed by atoms with Gasteiger partial charge in [0.05, 0.1) is 0 Å². The standard InChI is InChI=1S/C14H22N2O3/c17-13(18)12-9-10-5-1-2-6-11(10)16(12)14(19)15-7-3-4-8-15/h10-12H,1-9H2,(H,17,18). The van der Waals surface area contributed by atoms with Gasteiger partial charge in [0.25, 0.3) is 0 Å². The zero-order chi connectivity index (χ0) is 13.4. The number of carboxylic acid groups (broad SMARTS) is 1. The summed E-state index contributed by atoms with van der Waals surface area (Å²) in [6, 6.07) is -0.455. The Labute approximate surface area is 113 Å². The second kappa shape index (κ2) is 5.02. The van der Waals surface area contributed by atoms with Crippen LogP contribution in [0.2, 0.25) is 0 Å². The van der Waals surface area contributed by atoms with E-state index in [9.17, 15) is 14.7 Å². The molecular formula is C14H22N2O3. The van der Waals surface area contributed by atoms with E-state index in [2.05, 4.69) is 0 Å². The molecule has 1 aliphatic carbocycles. The van der Waals surface area contributed by atoms with Gasteiger partial charge in [-0.15, -0.1) is 0 Å². The zero-order valence-electron chi connectivity index (χ0n) is 11.3. The average Bonchev–Trinajstić information content (AvgIpc) is 3.05. The summed E-state index contributed by atoms with van der Waals surface area (Å²) in [5.74, 6) is -0.427. The lowest BCUT2D eigenvalue weighted by Gasteiger charge is -2.35. The van der Waals surface area contributed by atoms with Crippen molar-refractivity contribution in [1.29, 1.82) is 0 Å². The number of carbonyl (C=O) groups excluding carboxylic acids is 1. The molecule has 1 N–H and O–H groups in total. The molecule has 3 atom stereocenters.